The molecule has 0 saturated carbocycles. The second-order valence-electron chi connectivity index (χ2n) is 3.36. The minimum atomic E-state index is -0.420. The molecule has 0 radical (unpaired) electrons. The summed E-state index contributed by atoms with van der Waals surface area (Å²) in [5.41, 5.74) is 0.985. The van der Waals surface area contributed by atoms with Gasteiger partial charge in [0.05, 0.1) is 10.0 Å². The molecule has 5 heteroatoms. The molecular weight excluding hydrogens is 259 g/mol. The zero-order valence-corrected chi connectivity index (χ0v) is 10.0. The molecule has 2 aromatic rings. The number of aromatic nitrogens is 1. The van der Waals surface area contributed by atoms with E-state index in [4.69, 9.17) is 28.5 Å². The van der Waals surface area contributed by atoms with E-state index in [2.05, 4.69) is 4.98 Å². The molecule has 0 bridgehead atoms. The van der Waals surface area contributed by atoms with Crippen LogP contribution in [0.4, 0.5) is 0 Å². The fraction of sp³-hybridized carbons (Fsp3) is 0. The molecule has 17 heavy (non-hydrogen) atoms. The second-order valence-corrected chi connectivity index (χ2v) is 4.17. The number of H-pyrrole nitrogens is 1. The number of pyridine rings is 1. The molecule has 0 saturated heterocycles. The highest BCUT2D eigenvalue weighted by molar-refractivity contribution is 6.42. The first kappa shape index (κ1) is 11.7. The van der Waals surface area contributed by atoms with E-state index in [9.17, 15) is 4.79 Å². The maximum atomic E-state index is 11.5. The summed E-state index contributed by atoms with van der Waals surface area (Å²) in [5.74, 6) is 0. The summed E-state index contributed by atoms with van der Waals surface area (Å²) in [6.45, 7) is 0. The van der Waals surface area contributed by atoms with Crippen LogP contribution in [-0.4, -0.2) is 4.98 Å². The molecule has 0 fully saturated rings. The van der Waals surface area contributed by atoms with Gasteiger partial charge >= 0.3 is 0 Å². The smallest absolute Gasteiger partial charge is 0.266 e. The lowest BCUT2D eigenvalue weighted by molar-refractivity contribution is 1.22. The highest BCUT2D eigenvalue weighted by Gasteiger charge is 2.04. The van der Waals surface area contributed by atoms with Crippen LogP contribution in [0.5, 0.6) is 0 Å². The number of nitrogens with zero attached hydrogens (tertiary/aromatic N) is 1. The van der Waals surface area contributed by atoms with E-state index in [0.29, 0.717) is 15.7 Å². The summed E-state index contributed by atoms with van der Waals surface area (Å²) in [7, 11) is 0. The zero-order chi connectivity index (χ0) is 12.4. The number of hydrogen-bond acceptors (Lipinski definition) is 2. The Morgan fingerprint density at radius 2 is 1.88 bits per heavy atom. The van der Waals surface area contributed by atoms with Gasteiger partial charge in [-0.05, 0) is 29.8 Å². The van der Waals surface area contributed by atoms with Crippen molar-refractivity contribution in [3.63, 3.8) is 0 Å². The van der Waals surface area contributed by atoms with Gasteiger partial charge in [-0.3, -0.25) is 4.79 Å². The number of halogens is 2. The molecule has 0 aliphatic heterocycles. The molecule has 1 heterocycles. The minimum Gasteiger partial charge on any atom is -0.321 e. The molecule has 84 valence electrons. The highest BCUT2D eigenvalue weighted by atomic mass is 35.5. The van der Waals surface area contributed by atoms with Crippen LogP contribution >= 0.6 is 23.2 Å². The molecule has 0 atom stereocenters. The van der Waals surface area contributed by atoms with Gasteiger partial charge in [-0.15, -0.1) is 0 Å². The van der Waals surface area contributed by atoms with Crippen molar-refractivity contribution in [1.82, 2.24) is 4.98 Å². The molecule has 0 unspecified atom stereocenters. The molecular formula is C12H6Cl2N2O. The third-order valence-electron chi connectivity index (χ3n) is 2.26. The second kappa shape index (κ2) is 4.62. The van der Waals surface area contributed by atoms with Crippen molar-refractivity contribution >= 4 is 23.2 Å². The topological polar surface area (TPSA) is 56.6 Å². The van der Waals surface area contributed by atoms with Gasteiger partial charge in [0.15, 0.2) is 0 Å². The molecule has 0 aliphatic carbocycles. The zero-order valence-electron chi connectivity index (χ0n) is 8.50. The van der Waals surface area contributed by atoms with Crippen LogP contribution in [0.3, 0.4) is 0 Å². The first-order chi connectivity index (χ1) is 8.11. The lowest BCUT2D eigenvalue weighted by Crippen LogP contribution is -2.09. The summed E-state index contributed by atoms with van der Waals surface area (Å²) >= 11 is 11.7. The molecule has 1 aromatic carbocycles. The Hall–Kier alpha value is -1.76. The molecule has 1 aromatic heterocycles. The number of aromatic amines is 1. The van der Waals surface area contributed by atoms with Gasteiger partial charge in [0.2, 0.25) is 0 Å². The van der Waals surface area contributed by atoms with Gasteiger partial charge in [-0.25, -0.2) is 0 Å². The molecule has 0 amide bonds. The fourth-order valence-electron chi connectivity index (χ4n) is 1.39. The van der Waals surface area contributed by atoms with Crippen LogP contribution in [0.1, 0.15) is 5.56 Å². The van der Waals surface area contributed by atoms with Gasteiger partial charge in [-0.1, -0.05) is 29.3 Å². The van der Waals surface area contributed by atoms with Crippen molar-refractivity contribution in [3.05, 3.63) is 56.3 Å². The average Bonchev–Trinajstić information content (AvgIpc) is 2.32. The number of nitrogens with one attached hydrogen (secondary N) is 1. The van der Waals surface area contributed by atoms with Gasteiger partial charge < -0.3 is 4.98 Å². The van der Waals surface area contributed by atoms with Crippen molar-refractivity contribution in [2.45, 2.75) is 0 Å². The first-order valence-electron chi connectivity index (χ1n) is 4.70. The van der Waals surface area contributed by atoms with Gasteiger partial charge in [0.1, 0.15) is 11.6 Å². The number of rotatable bonds is 1. The van der Waals surface area contributed by atoms with Crippen LogP contribution in [0.25, 0.3) is 11.3 Å². The Morgan fingerprint density at radius 1 is 1.12 bits per heavy atom. The summed E-state index contributed by atoms with van der Waals surface area (Å²) in [5, 5.41) is 9.51. The lowest BCUT2D eigenvalue weighted by Gasteiger charge is -2.03. The summed E-state index contributed by atoms with van der Waals surface area (Å²) in [4.78, 5) is 14.1. The third-order valence-corrected chi connectivity index (χ3v) is 3.00. The van der Waals surface area contributed by atoms with Crippen LogP contribution in [0.15, 0.2) is 35.1 Å². The SMILES string of the molecule is N#Cc1ccc(-c2ccc(Cl)c(Cl)c2)[nH]c1=O. The van der Waals surface area contributed by atoms with Crippen molar-refractivity contribution in [2.75, 3.05) is 0 Å². The quantitative estimate of drug-likeness (QED) is 0.860. The van der Waals surface area contributed by atoms with E-state index in [-0.39, 0.29) is 5.56 Å². The van der Waals surface area contributed by atoms with Gasteiger partial charge in [0.25, 0.3) is 5.56 Å². The van der Waals surface area contributed by atoms with Crippen LogP contribution in [0.2, 0.25) is 10.0 Å². The maximum Gasteiger partial charge on any atom is 0.266 e. The van der Waals surface area contributed by atoms with Crippen molar-refractivity contribution in [2.24, 2.45) is 0 Å². The molecule has 1 N–H and O–H groups in total. The first-order valence-corrected chi connectivity index (χ1v) is 5.46. The normalized spacial score (nSPS) is 9.94. The fourth-order valence-corrected chi connectivity index (χ4v) is 1.69. The van der Waals surface area contributed by atoms with Crippen LogP contribution < -0.4 is 5.56 Å². The van der Waals surface area contributed by atoms with E-state index < -0.39 is 5.56 Å². The number of nitriles is 1. The summed E-state index contributed by atoms with van der Waals surface area (Å²) < 4.78 is 0. The monoisotopic (exact) mass is 264 g/mol. The van der Waals surface area contributed by atoms with Crippen LogP contribution in [-0.2, 0) is 0 Å². The van der Waals surface area contributed by atoms with Gasteiger partial charge in [0, 0.05) is 5.69 Å². The predicted molar refractivity (Wildman–Crippen MR) is 67.2 cm³/mol. The van der Waals surface area contributed by atoms with E-state index in [1.807, 2.05) is 0 Å². The minimum absolute atomic E-state index is 0.0776. The Labute approximate surface area is 107 Å². The van der Waals surface area contributed by atoms with E-state index in [1.54, 1.807) is 30.3 Å². The molecule has 2 rings (SSSR count). The maximum absolute atomic E-state index is 11.5. The van der Waals surface area contributed by atoms with Crippen molar-refractivity contribution < 1.29 is 0 Å². The van der Waals surface area contributed by atoms with Crippen LogP contribution in [0, 0.1) is 11.3 Å². The third kappa shape index (κ3) is 2.33. The summed E-state index contributed by atoms with van der Waals surface area (Å²) in [6.07, 6.45) is 0. The Bertz CT molecular complexity index is 671. The highest BCUT2D eigenvalue weighted by Crippen LogP contribution is 2.27. The largest absolute Gasteiger partial charge is 0.321 e. The lowest BCUT2D eigenvalue weighted by atomic mass is 10.1. The summed E-state index contributed by atoms with van der Waals surface area (Å²) in [6, 6.07) is 9.97. The number of benzene rings is 1. The Morgan fingerprint density at radius 3 is 2.47 bits per heavy atom. The van der Waals surface area contributed by atoms with E-state index in [0.717, 1.165) is 5.56 Å². The molecule has 0 spiro atoms. The Balaban J connectivity index is 2.54. The molecule has 0 aliphatic rings. The predicted octanol–water partition coefficient (Wildman–Crippen LogP) is 3.22. The van der Waals surface area contributed by atoms with Gasteiger partial charge in [-0.2, -0.15) is 5.26 Å². The average molecular weight is 265 g/mol. The van der Waals surface area contributed by atoms with E-state index in [1.165, 1.54) is 6.07 Å². The standard InChI is InChI=1S/C12H6Cl2N2O/c13-9-3-1-7(5-10(9)14)11-4-2-8(6-15)12(17)16-11/h1-5H,(H,16,17). The Kier molecular flexibility index (Phi) is 3.19. The van der Waals surface area contributed by atoms with Crippen molar-refractivity contribution in [3.8, 4) is 17.3 Å². The molecule has 3 nitrogen and oxygen atoms in total. The van der Waals surface area contributed by atoms with Crippen molar-refractivity contribution in [1.29, 1.82) is 5.26 Å². The number of hydrogen-bond donors (Lipinski definition) is 1. The van der Waals surface area contributed by atoms with E-state index >= 15 is 0 Å².